The minimum Gasteiger partial charge on any atom is -0.489 e. The molecule has 0 saturated heterocycles. The molecule has 4 nitrogen and oxygen atoms in total. The fraction of sp³-hybridized carbons (Fsp3) is 0.0870. The van der Waals surface area contributed by atoms with Crippen molar-refractivity contribution in [2.24, 2.45) is 0 Å². The van der Waals surface area contributed by atoms with Crippen molar-refractivity contribution in [3.05, 3.63) is 109 Å². The second-order valence-electron chi connectivity index (χ2n) is 6.23. The zero-order chi connectivity index (χ0) is 18.3. The quantitative estimate of drug-likeness (QED) is 0.451. The highest BCUT2D eigenvalue weighted by Crippen LogP contribution is 2.26. The van der Waals surface area contributed by atoms with Gasteiger partial charge < -0.3 is 14.0 Å². The number of hydrogen-bond donors (Lipinski definition) is 0. The first kappa shape index (κ1) is 16.9. The van der Waals surface area contributed by atoms with Crippen LogP contribution in [0, 0.1) is 0 Å². The van der Waals surface area contributed by atoms with E-state index in [0.29, 0.717) is 6.61 Å². The largest absolute Gasteiger partial charge is 0.489 e. The molecule has 0 spiro atoms. The van der Waals surface area contributed by atoms with Gasteiger partial charge in [0, 0.05) is 25.0 Å². The highest BCUT2D eigenvalue weighted by atomic mass is 16.5. The third kappa shape index (κ3) is 4.76. The van der Waals surface area contributed by atoms with E-state index in [9.17, 15) is 0 Å². The van der Waals surface area contributed by atoms with Crippen molar-refractivity contribution < 1.29 is 9.47 Å². The molecule has 4 aromatic rings. The van der Waals surface area contributed by atoms with E-state index in [-0.39, 0.29) is 0 Å². The van der Waals surface area contributed by atoms with Gasteiger partial charge in [0.2, 0.25) is 0 Å². The molecule has 0 bridgehead atoms. The lowest BCUT2D eigenvalue weighted by Gasteiger charge is -2.10. The molecule has 0 saturated carbocycles. The summed E-state index contributed by atoms with van der Waals surface area (Å²) in [4.78, 5) is 4.06. The number of ether oxygens (including phenoxy) is 2. The van der Waals surface area contributed by atoms with Crippen LogP contribution in [0.2, 0.25) is 0 Å². The van der Waals surface area contributed by atoms with Gasteiger partial charge in [0.05, 0.1) is 6.33 Å². The minimum absolute atomic E-state index is 0.535. The van der Waals surface area contributed by atoms with Gasteiger partial charge in [-0.3, -0.25) is 0 Å². The predicted molar refractivity (Wildman–Crippen MR) is 105 cm³/mol. The van der Waals surface area contributed by atoms with Gasteiger partial charge in [0.15, 0.2) is 0 Å². The normalized spacial score (nSPS) is 10.5. The maximum atomic E-state index is 5.96. The smallest absolute Gasteiger partial charge is 0.131 e. The van der Waals surface area contributed by atoms with Crippen LogP contribution in [-0.4, -0.2) is 9.55 Å². The Kier molecular flexibility index (Phi) is 5.16. The number of aromatic nitrogens is 2. The van der Waals surface area contributed by atoms with Crippen LogP contribution in [0.3, 0.4) is 0 Å². The van der Waals surface area contributed by atoms with Crippen LogP contribution >= 0.6 is 0 Å². The van der Waals surface area contributed by atoms with Crippen molar-refractivity contribution in [1.82, 2.24) is 9.55 Å². The van der Waals surface area contributed by atoms with E-state index in [1.54, 1.807) is 6.20 Å². The molecule has 0 fully saturated rings. The third-order valence-corrected chi connectivity index (χ3v) is 4.14. The van der Waals surface area contributed by atoms with Gasteiger partial charge in [0.1, 0.15) is 23.9 Å². The summed E-state index contributed by atoms with van der Waals surface area (Å²) in [7, 11) is 0. The molecule has 0 aliphatic rings. The highest BCUT2D eigenvalue weighted by Gasteiger charge is 2.02. The molecule has 4 heteroatoms. The summed E-state index contributed by atoms with van der Waals surface area (Å²) in [6.07, 6.45) is 5.54. The Labute approximate surface area is 158 Å². The van der Waals surface area contributed by atoms with E-state index in [4.69, 9.17) is 9.47 Å². The van der Waals surface area contributed by atoms with Gasteiger partial charge in [0.25, 0.3) is 0 Å². The van der Waals surface area contributed by atoms with E-state index < -0.39 is 0 Å². The molecule has 134 valence electrons. The first-order chi connectivity index (χ1) is 13.3. The number of hydrogen-bond acceptors (Lipinski definition) is 3. The molecule has 1 heterocycles. The number of benzene rings is 3. The van der Waals surface area contributed by atoms with E-state index in [1.165, 1.54) is 5.56 Å². The average Bonchev–Trinajstić information content (AvgIpc) is 3.22. The van der Waals surface area contributed by atoms with Crippen molar-refractivity contribution in [1.29, 1.82) is 0 Å². The number of rotatable bonds is 7. The topological polar surface area (TPSA) is 36.3 Å². The zero-order valence-corrected chi connectivity index (χ0v) is 14.9. The lowest BCUT2D eigenvalue weighted by molar-refractivity contribution is 0.304. The van der Waals surface area contributed by atoms with Crippen LogP contribution in [-0.2, 0) is 13.2 Å². The van der Waals surface area contributed by atoms with Crippen LogP contribution in [0.1, 0.15) is 11.1 Å². The zero-order valence-electron chi connectivity index (χ0n) is 14.9. The summed E-state index contributed by atoms with van der Waals surface area (Å²) in [5.41, 5.74) is 2.33. The van der Waals surface area contributed by atoms with E-state index in [1.807, 2.05) is 83.8 Å². The Morgan fingerprint density at radius 2 is 1.56 bits per heavy atom. The molecule has 0 aliphatic carbocycles. The molecule has 0 N–H and O–H groups in total. The summed E-state index contributed by atoms with van der Waals surface area (Å²) < 4.78 is 13.9. The van der Waals surface area contributed by atoms with Gasteiger partial charge in [-0.2, -0.15) is 0 Å². The second kappa shape index (κ2) is 8.23. The fourth-order valence-electron chi connectivity index (χ4n) is 2.76. The molecule has 3 aromatic carbocycles. The van der Waals surface area contributed by atoms with E-state index >= 15 is 0 Å². The van der Waals surface area contributed by atoms with E-state index in [0.717, 1.165) is 29.4 Å². The molecule has 0 radical (unpaired) electrons. The van der Waals surface area contributed by atoms with Gasteiger partial charge in [-0.15, -0.1) is 0 Å². The van der Waals surface area contributed by atoms with E-state index in [2.05, 4.69) is 17.1 Å². The Balaban J connectivity index is 1.37. The van der Waals surface area contributed by atoms with Crippen LogP contribution in [0.4, 0.5) is 0 Å². The summed E-state index contributed by atoms with van der Waals surface area (Å²) in [5.74, 6) is 2.33. The van der Waals surface area contributed by atoms with Crippen molar-refractivity contribution in [2.45, 2.75) is 13.2 Å². The number of imidazole rings is 1. The summed E-state index contributed by atoms with van der Waals surface area (Å²) in [6, 6.07) is 25.9. The Morgan fingerprint density at radius 1 is 0.741 bits per heavy atom. The first-order valence-electron chi connectivity index (χ1n) is 8.84. The van der Waals surface area contributed by atoms with Gasteiger partial charge >= 0.3 is 0 Å². The van der Waals surface area contributed by atoms with Gasteiger partial charge in [-0.25, -0.2) is 4.98 Å². The third-order valence-electron chi connectivity index (χ3n) is 4.14. The molecule has 0 atom stereocenters. The number of nitrogens with zero attached hydrogens (tertiary/aromatic N) is 2. The first-order valence-corrected chi connectivity index (χ1v) is 8.84. The van der Waals surface area contributed by atoms with Crippen LogP contribution in [0.25, 0.3) is 0 Å². The minimum atomic E-state index is 0.535. The maximum absolute atomic E-state index is 5.96. The van der Waals surface area contributed by atoms with Gasteiger partial charge in [-0.1, -0.05) is 48.5 Å². The fourth-order valence-corrected chi connectivity index (χ4v) is 2.76. The standard InChI is InChI=1S/C23H20N2O2/c1-2-5-20(6-3-1)17-26-22-7-4-8-23(15-22)27-21-11-9-19(10-12-21)16-25-14-13-24-18-25/h1-15,18H,16-17H2. The van der Waals surface area contributed by atoms with Crippen molar-refractivity contribution in [2.75, 3.05) is 0 Å². The lowest BCUT2D eigenvalue weighted by atomic mass is 10.2. The molecule has 0 unspecified atom stereocenters. The maximum Gasteiger partial charge on any atom is 0.131 e. The predicted octanol–water partition coefficient (Wildman–Crippen LogP) is 5.30. The molecular formula is C23H20N2O2. The molecular weight excluding hydrogens is 336 g/mol. The monoisotopic (exact) mass is 356 g/mol. The van der Waals surface area contributed by atoms with Crippen LogP contribution in [0.15, 0.2) is 97.6 Å². The molecule has 0 aliphatic heterocycles. The summed E-state index contributed by atoms with van der Waals surface area (Å²) in [6.45, 7) is 1.33. The second-order valence-corrected chi connectivity index (χ2v) is 6.23. The highest BCUT2D eigenvalue weighted by molar-refractivity contribution is 5.37. The summed E-state index contributed by atoms with van der Waals surface area (Å²) >= 11 is 0. The molecule has 1 aromatic heterocycles. The average molecular weight is 356 g/mol. The molecule has 4 rings (SSSR count). The van der Waals surface area contributed by atoms with Crippen LogP contribution < -0.4 is 9.47 Å². The Bertz CT molecular complexity index is 965. The van der Waals surface area contributed by atoms with Crippen molar-refractivity contribution in [3.63, 3.8) is 0 Å². The molecule has 27 heavy (non-hydrogen) atoms. The van der Waals surface area contributed by atoms with Crippen LogP contribution in [0.5, 0.6) is 17.2 Å². The van der Waals surface area contributed by atoms with Gasteiger partial charge in [-0.05, 0) is 35.4 Å². The SMILES string of the molecule is c1ccc(COc2cccc(Oc3ccc(Cn4ccnc4)cc3)c2)cc1. The lowest BCUT2D eigenvalue weighted by Crippen LogP contribution is -1.96. The van der Waals surface area contributed by atoms with Crippen molar-refractivity contribution in [3.8, 4) is 17.2 Å². The Morgan fingerprint density at radius 3 is 2.33 bits per heavy atom. The summed E-state index contributed by atoms with van der Waals surface area (Å²) in [5, 5.41) is 0. The Hall–Kier alpha value is -3.53. The molecule has 0 amide bonds. The van der Waals surface area contributed by atoms with Crippen molar-refractivity contribution >= 4 is 0 Å².